The van der Waals surface area contributed by atoms with Crippen molar-refractivity contribution >= 4 is 15.9 Å². The van der Waals surface area contributed by atoms with E-state index in [0.717, 1.165) is 10.9 Å². The first-order valence-corrected chi connectivity index (χ1v) is 7.30. The summed E-state index contributed by atoms with van der Waals surface area (Å²) in [6.07, 6.45) is 0.988. The van der Waals surface area contributed by atoms with Crippen molar-refractivity contribution in [2.45, 2.75) is 45.1 Å². The van der Waals surface area contributed by atoms with Crippen molar-refractivity contribution in [3.05, 3.63) is 28.2 Å². The standard InChI is InChI=1S/C14H18BrF2NO2/c1-9-14(2,5-6-19-9)18-8-10-7-11(15)3-4-12(10)20-13(16)17/h3-4,7,9,13,18H,5-6,8H2,1-2H3. The Balaban J connectivity index is 2.10. The van der Waals surface area contributed by atoms with E-state index >= 15 is 0 Å². The number of nitrogens with one attached hydrogen (secondary N) is 1. The maximum Gasteiger partial charge on any atom is 0.387 e. The van der Waals surface area contributed by atoms with Gasteiger partial charge in [-0.2, -0.15) is 8.78 Å². The second-order valence-corrected chi connectivity index (χ2v) is 6.08. The van der Waals surface area contributed by atoms with Gasteiger partial charge in [0.05, 0.1) is 6.10 Å². The maximum absolute atomic E-state index is 12.4. The summed E-state index contributed by atoms with van der Waals surface area (Å²) in [5.74, 6) is 0.200. The van der Waals surface area contributed by atoms with Crippen molar-refractivity contribution in [2.24, 2.45) is 0 Å². The highest BCUT2D eigenvalue weighted by atomic mass is 79.9. The first-order chi connectivity index (χ1) is 9.40. The van der Waals surface area contributed by atoms with Crippen molar-refractivity contribution < 1.29 is 18.3 Å². The fourth-order valence-electron chi connectivity index (χ4n) is 2.26. The quantitative estimate of drug-likeness (QED) is 0.878. The molecule has 0 radical (unpaired) electrons. The van der Waals surface area contributed by atoms with E-state index in [9.17, 15) is 8.78 Å². The molecular formula is C14H18BrF2NO2. The van der Waals surface area contributed by atoms with E-state index in [1.165, 1.54) is 0 Å². The Hall–Kier alpha value is -0.720. The van der Waals surface area contributed by atoms with Gasteiger partial charge < -0.3 is 14.8 Å². The molecule has 1 saturated heterocycles. The van der Waals surface area contributed by atoms with Gasteiger partial charge in [0.25, 0.3) is 0 Å². The van der Waals surface area contributed by atoms with Crippen LogP contribution in [-0.2, 0) is 11.3 Å². The molecule has 3 nitrogen and oxygen atoms in total. The molecule has 1 aromatic carbocycles. The fraction of sp³-hybridized carbons (Fsp3) is 0.571. The summed E-state index contributed by atoms with van der Waals surface area (Å²) in [5.41, 5.74) is 0.546. The van der Waals surface area contributed by atoms with Gasteiger partial charge in [-0.15, -0.1) is 0 Å². The summed E-state index contributed by atoms with van der Waals surface area (Å²) < 4.78 is 35.7. The fourth-order valence-corrected chi connectivity index (χ4v) is 2.67. The Morgan fingerprint density at radius 2 is 2.30 bits per heavy atom. The number of rotatable bonds is 5. The molecule has 2 unspecified atom stereocenters. The minimum atomic E-state index is -2.82. The first-order valence-electron chi connectivity index (χ1n) is 6.50. The molecule has 2 rings (SSSR count). The topological polar surface area (TPSA) is 30.5 Å². The van der Waals surface area contributed by atoms with Crippen LogP contribution in [0.25, 0.3) is 0 Å². The molecule has 1 aliphatic rings. The lowest BCUT2D eigenvalue weighted by atomic mass is 9.94. The van der Waals surface area contributed by atoms with E-state index < -0.39 is 6.61 Å². The molecule has 1 aromatic rings. The van der Waals surface area contributed by atoms with E-state index in [4.69, 9.17) is 4.74 Å². The van der Waals surface area contributed by atoms with Gasteiger partial charge >= 0.3 is 6.61 Å². The predicted molar refractivity (Wildman–Crippen MR) is 76.0 cm³/mol. The first kappa shape index (κ1) is 15.7. The smallest absolute Gasteiger partial charge is 0.387 e. The lowest BCUT2D eigenvalue weighted by molar-refractivity contribution is -0.0505. The second-order valence-electron chi connectivity index (χ2n) is 5.16. The largest absolute Gasteiger partial charge is 0.434 e. The zero-order chi connectivity index (χ0) is 14.8. The zero-order valence-corrected chi connectivity index (χ0v) is 13.0. The zero-order valence-electron chi connectivity index (χ0n) is 11.5. The molecule has 6 heteroatoms. The lowest BCUT2D eigenvalue weighted by Crippen LogP contribution is -2.47. The Morgan fingerprint density at radius 3 is 2.90 bits per heavy atom. The lowest BCUT2D eigenvalue weighted by Gasteiger charge is -2.29. The van der Waals surface area contributed by atoms with Gasteiger partial charge in [-0.1, -0.05) is 15.9 Å². The number of halogens is 3. The van der Waals surface area contributed by atoms with Crippen LogP contribution in [0.4, 0.5) is 8.78 Å². The predicted octanol–water partition coefficient (Wildman–Crippen LogP) is 3.71. The van der Waals surface area contributed by atoms with Gasteiger partial charge in [0.15, 0.2) is 0 Å². The molecule has 0 aromatic heterocycles. The van der Waals surface area contributed by atoms with Crippen LogP contribution < -0.4 is 10.1 Å². The van der Waals surface area contributed by atoms with Crippen LogP contribution in [0.3, 0.4) is 0 Å². The van der Waals surface area contributed by atoms with Crippen molar-refractivity contribution in [2.75, 3.05) is 6.61 Å². The average molecular weight is 350 g/mol. The molecule has 0 aliphatic carbocycles. The van der Waals surface area contributed by atoms with Gasteiger partial charge in [0.2, 0.25) is 0 Å². The van der Waals surface area contributed by atoms with Crippen LogP contribution in [0.2, 0.25) is 0 Å². The minimum absolute atomic E-state index is 0.0918. The highest BCUT2D eigenvalue weighted by Gasteiger charge is 2.36. The van der Waals surface area contributed by atoms with E-state index in [2.05, 4.69) is 32.9 Å². The molecule has 1 fully saturated rings. The summed E-state index contributed by atoms with van der Waals surface area (Å²) in [6.45, 7) is 2.43. The summed E-state index contributed by atoms with van der Waals surface area (Å²) in [4.78, 5) is 0. The summed E-state index contributed by atoms with van der Waals surface area (Å²) in [7, 11) is 0. The molecule has 112 valence electrons. The Labute approximate surface area is 125 Å². The molecule has 1 aliphatic heterocycles. The van der Waals surface area contributed by atoms with E-state index in [1.54, 1.807) is 18.2 Å². The van der Waals surface area contributed by atoms with E-state index in [1.807, 2.05) is 6.92 Å². The minimum Gasteiger partial charge on any atom is -0.434 e. The molecule has 0 spiro atoms. The Kier molecular flexibility index (Phi) is 4.99. The van der Waals surface area contributed by atoms with Crippen molar-refractivity contribution in [3.8, 4) is 5.75 Å². The van der Waals surface area contributed by atoms with Crippen LogP contribution in [0.1, 0.15) is 25.8 Å². The third kappa shape index (κ3) is 3.68. The highest BCUT2D eigenvalue weighted by Crippen LogP contribution is 2.28. The molecule has 1 N–H and O–H groups in total. The van der Waals surface area contributed by atoms with Crippen LogP contribution in [0, 0.1) is 0 Å². The van der Waals surface area contributed by atoms with E-state index in [-0.39, 0.29) is 17.4 Å². The molecule has 20 heavy (non-hydrogen) atoms. The van der Waals surface area contributed by atoms with Crippen molar-refractivity contribution in [1.82, 2.24) is 5.32 Å². The third-order valence-electron chi connectivity index (χ3n) is 3.81. The molecule has 0 amide bonds. The molecule has 2 atom stereocenters. The number of alkyl halides is 2. The highest BCUT2D eigenvalue weighted by molar-refractivity contribution is 9.10. The van der Waals surface area contributed by atoms with E-state index in [0.29, 0.717) is 18.7 Å². The van der Waals surface area contributed by atoms with Crippen LogP contribution in [-0.4, -0.2) is 24.9 Å². The van der Waals surface area contributed by atoms with Gasteiger partial charge in [-0.3, -0.25) is 0 Å². The Bertz CT molecular complexity index is 472. The van der Waals surface area contributed by atoms with Crippen molar-refractivity contribution in [3.63, 3.8) is 0 Å². The van der Waals surface area contributed by atoms with Gasteiger partial charge in [-0.05, 0) is 38.5 Å². The average Bonchev–Trinajstić information content (AvgIpc) is 2.70. The number of hydrogen-bond donors (Lipinski definition) is 1. The molecule has 0 saturated carbocycles. The van der Waals surface area contributed by atoms with Crippen molar-refractivity contribution in [1.29, 1.82) is 0 Å². The SMILES string of the molecule is CC1OCCC1(C)NCc1cc(Br)ccc1OC(F)F. The van der Waals surface area contributed by atoms with Crippen LogP contribution in [0.5, 0.6) is 5.75 Å². The van der Waals surface area contributed by atoms with Crippen LogP contribution >= 0.6 is 15.9 Å². The third-order valence-corrected chi connectivity index (χ3v) is 4.30. The second kappa shape index (κ2) is 6.37. The normalized spacial score (nSPS) is 26.2. The number of hydrogen-bond acceptors (Lipinski definition) is 3. The summed E-state index contributed by atoms with van der Waals surface area (Å²) in [5, 5.41) is 3.39. The molecular weight excluding hydrogens is 332 g/mol. The van der Waals surface area contributed by atoms with Gasteiger partial charge in [0, 0.05) is 28.7 Å². The number of ether oxygens (including phenoxy) is 2. The van der Waals surface area contributed by atoms with Crippen LogP contribution in [0.15, 0.2) is 22.7 Å². The summed E-state index contributed by atoms with van der Waals surface area (Å²) >= 11 is 3.35. The Morgan fingerprint density at radius 1 is 1.55 bits per heavy atom. The van der Waals surface area contributed by atoms with Gasteiger partial charge in [-0.25, -0.2) is 0 Å². The number of benzene rings is 1. The maximum atomic E-state index is 12.4. The molecule has 0 bridgehead atoms. The molecule has 1 heterocycles. The summed E-state index contributed by atoms with van der Waals surface area (Å²) in [6, 6.07) is 5.02. The monoisotopic (exact) mass is 349 g/mol. The van der Waals surface area contributed by atoms with Gasteiger partial charge in [0.1, 0.15) is 5.75 Å².